The van der Waals surface area contributed by atoms with Crippen molar-refractivity contribution in [2.75, 3.05) is 18.8 Å². The van der Waals surface area contributed by atoms with Crippen LogP contribution in [0, 0.1) is 5.82 Å². The zero-order chi connectivity index (χ0) is 19.8. The number of nitrogen functional groups attached to an aromatic ring is 1. The number of halogens is 1. The molecule has 2 aromatic rings. The van der Waals surface area contributed by atoms with Gasteiger partial charge in [-0.05, 0) is 37.7 Å². The van der Waals surface area contributed by atoms with Gasteiger partial charge in [0.25, 0.3) is 0 Å². The monoisotopic (exact) mass is 399 g/mol. The molecule has 1 saturated carbocycles. The number of aromatic nitrogens is 3. The molecule has 1 atom stereocenters. The lowest BCUT2D eigenvalue weighted by Gasteiger charge is -2.29. The van der Waals surface area contributed by atoms with E-state index in [4.69, 9.17) is 5.73 Å². The molecule has 4 rings (SSSR count). The van der Waals surface area contributed by atoms with Crippen LogP contribution in [0.15, 0.2) is 12.3 Å². The van der Waals surface area contributed by atoms with E-state index in [0.717, 1.165) is 31.4 Å². The number of sulfonamides is 1. The Morgan fingerprint density at radius 3 is 2.63 bits per heavy atom. The number of hydrogen-bond donors (Lipinski definition) is 2. The Morgan fingerprint density at radius 2 is 2.04 bits per heavy atom. The number of piperidine rings is 1. The average Bonchev–Trinajstić information content (AvgIpc) is 3.41. The van der Waals surface area contributed by atoms with Crippen LogP contribution >= 0.6 is 0 Å². The van der Waals surface area contributed by atoms with Crippen LogP contribution in [0.25, 0.3) is 5.52 Å². The Kier molecular flexibility index (Phi) is 5.68. The number of β-amino-alcohol motifs (C(OH)–C–C–N with tert-alkyl or cyclic N) is 1. The molecule has 1 unspecified atom stereocenters. The molecule has 10 heteroatoms. The van der Waals surface area contributed by atoms with E-state index in [0.29, 0.717) is 18.6 Å². The molecule has 0 spiro atoms. The number of anilines is 1. The molecular weight excluding hydrogens is 373 g/mol. The number of nitrogens with zero attached hydrogens (tertiary/aromatic N) is 4. The molecule has 0 aromatic carbocycles. The van der Waals surface area contributed by atoms with Gasteiger partial charge in [-0.1, -0.05) is 13.8 Å². The van der Waals surface area contributed by atoms with E-state index in [-0.39, 0.29) is 22.9 Å². The first-order valence-corrected chi connectivity index (χ1v) is 10.7. The van der Waals surface area contributed by atoms with Crippen molar-refractivity contribution in [2.45, 2.75) is 56.8 Å². The van der Waals surface area contributed by atoms with Crippen LogP contribution in [0.1, 0.15) is 51.1 Å². The van der Waals surface area contributed by atoms with E-state index in [1.54, 1.807) is 0 Å². The van der Waals surface area contributed by atoms with Crippen LogP contribution < -0.4 is 5.73 Å². The third kappa shape index (κ3) is 4.39. The molecule has 8 nitrogen and oxygen atoms in total. The maximum atomic E-state index is 13.4. The first-order valence-electron chi connectivity index (χ1n) is 9.16. The maximum absolute atomic E-state index is 13.4. The number of rotatable bonds is 3. The number of aliphatic hydroxyl groups excluding tert-OH is 1. The minimum atomic E-state index is -3.05. The standard InChI is InChI=1S/C9H11FN4.C8H15NO3S/c1-5(2)7-3-6(10)8-4-12-9(11)13-14(7)8;10-7-2-1-5-9(6-7)13(11,12)8-3-4-8/h3-5H,1-2H3,(H2,11,13);7-8,10H,1-6H2. The van der Waals surface area contributed by atoms with Crippen LogP contribution in [0.5, 0.6) is 0 Å². The Hall–Kier alpha value is -1.78. The van der Waals surface area contributed by atoms with Gasteiger partial charge in [-0.25, -0.2) is 22.3 Å². The second-order valence-electron chi connectivity index (χ2n) is 7.38. The van der Waals surface area contributed by atoms with Crippen molar-refractivity contribution in [3.8, 4) is 0 Å². The van der Waals surface area contributed by atoms with Gasteiger partial charge in [-0.3, -0.25) is 0 Å². The Balaban J connectivity index is 0.000000156. The fourth-order valence-electron chi connectivity index (χ4n) is 3.13. The summed E-state index contributed by atoms with van der Waals surface area (Å²) in [5, 5.41) is 13.2. The third-order valence-corrected chi connectivity index (χ3v) is 7.14. The summed E-state index contributed by atoms with van der Waals surface area (Å²) in [7, 11) is -3.05. The van der Waals surface area contributed by atoms with Crippen LogP contribution in [-0.2, 0) is 10.0 Å². The predicted molar refractivity (Wildman–Crippen MR) is 100 cm³/mol. The number of nitrogens with two attached hydrogens (primary N) is 1. The molecule has 0 amide bonds. The number of aliphatic hydroxyl groups is 1. The smallest absolute Gasteiger partial charge is 0.238 e. The van der Waals surface area contributed by atoms with Gasteiger partial charge in [0.05, 0.1) is 17.6 Å². The summed E-state index contributed by atoms with van der Waals surface area (Å²) in [4.78, 5) is 3.75. The van der Waals surface area contributed by atoms with Crippen molar-refractivity contribution in [3.63, 3.8) is 0 Å². The largest absolute Gasteiger partial charge is 0.392 e. The molecule has 2 aromatic heterocycles. The minimum absolute atomic E-state index is 0.141. The second kappa shape index (κ2) is 7.69. The summed E-state index contributed by atoms with van der Waals surface area (Å²) in [6.07, 6.45) is 4.05. The summed E-state index contributed by atoms with van der Waals surface area (Å²) in [6.45, 7) is 4.84. The zero-order valence-corrected chi connectivity index (χ0v) is 16.4. The molecule has 3 N–H and O–H groups in total. The molecule has 1 aliphatic carbocycles. The molecule has 1 aliphatic heterocycles. The molecule has 150 valence electrons. The van der Waals surface area contributed by atoms with Gasteiger partial charge in [-0.15, -0.1) is 5.10 Å². The molecule has 2 fully saturated rings. The lowest BCUT2D eigenvalue weighted by Crippen LogP contribution is -2.43. The highest BCUT2D eigenvalue weighted by molar-refractivity contribution is 7.90. The van der Waals surface area contributed by atoms with Gasteiger partial charge in [0.2, 0.25) is 16.0 Å². The number of fused-ring (bicyclic) bond motifs is 1. The highest BCUT2D eigenvalue weighted by atomic mass is 32.2. The molecule has 0 radical (unpaired) electrons. The summed E-state index contributed by atoms with van der Waals surface area (Å²) in [5.74, 6) is 0.0324. The number of hydrogen-bond acceptors (Lipinski definition) is 6. The van der Waals surface area contributed by atoms with E-state index < -0.39 is 16.1 Å². The van der Waals surface area contributed by atoms with Gasteiger partial charge in [0.15, 0.2) is 5.82 Å². The van der Waals surface area contributed by atoms with Gasteiger partial charge < -0.3 is 10.8 Å². The summed E-state index contributed by atoms with van der Waals surface area (Å²) in [5.41, 5.74) is 6.60. The Labute approximate surface area is 158 Å². The van der Waals surface area contributed by atoms with E-state index in [1.807, 2.05) is 13.8 Å². The maximum Gasteiger partial charge on any atom is 0.238 e. The minimum Gasteiger partial charge on any atom is -0.392 e. The van der Waals surface area contributed by atoms with Crippen molar-refractivity contribution in [2.24, 2.45) is 0 Å². The van der Waals surface area contributed by atoms with Crippen LogP contribution in [0.3, 0.4) is 0 Å². The lowest BCUT2D eigenvalue weighted by molar-refractivity contribution is 0.108. The Bertz CT molecular complexity index is 911. The highest BCUT2D eigenvalue weighted by Crippen LogP contribution is 2.32. The topological polar surface area (TPSA) is 114 Å². The van der Waals surface area contributed by atoms with Gasteiger partial charge in [-0.2, -0.15) is 4.31 Å². The molecule has 3 heterocycles. The van der Waals surface area contributed by atoms with Crippen LogP contribution in [-0.4, -0.2) is 56.9 Å². The van der Waals surface area contributed by atoms with Crippen LogP contribution in [0.4, 0.5) is 10.3 Å². The molecule has 27 heavy (non-hydrogen) atoms. The molecule has 2 aliphatic rings. The zero-order valence-electron chi connectivity index (χ0n) is 15.5. The van der Waals surface area contributed by atoms with Gasteiger partial charge >= 0.3 is 0 Å². The fourth-order valence-corrected chi connectivity index (χ4v) is 5.05. The summed E-state index contributed by atoms with van der Waals surface area (Å²) < 4.78 is 39.7. The van der Waals surface area contributed by atoms with Crippen molar-refractivity contribution in [3.05, 3.63) is 23.8 Å². The van der Waals surface area contributed by atoms with Crippen LogP contribution in [0.2, 0.25) is 0 Å². The van der Waals surface area contributed by atoms with E-state index >= 15 is 0 Å². The average molecular weight is 399 g/mol. The van der Waals surface area contributed by atoms with E-state index in [2.05, 4.69) is 10.1 Å². The van der Waals surface area contributed by atoms with Gasteiger partial charge in [0, 0.05) is 18.8 Å². The van der Waals surface area contributed by atoms with Crippen molar-refractivity contribution in [1.29, 1.82) is 0 Å². The van der Waals surface area contributed by atoms with Gasteiger partial charge in [0.1, 0.15) is 5.52 Å². The van der Waals surface area contributed by atoms with Crippen molar-refractivity contribution >= 4 is 21.5 Å². The lowest BCUT2D eigenvalue weighted by atomic mass is 10.1. The predicted octanol–water partition coefficient (Wildman–Crippen LogP) is 1.51. The van der Waals surface area contributed by atoms with E-state index in [9.17, 15) is 17.9 Å². The third-order valence-electron chi connectivity index (χ3n) is 4.77. The summed E-state index contributed by atoms with van der Waals surface area (Å²) >= 11 is 0. The van der Waals surface area contributed by atoms with Crippen molar-refractivity contribution < 1.29 is 17.9 Å². The highest BCUT2D eigenvalue weighted by Gasteiger charge is 2.41. The summed E-state index contributed by atoms with van der Waals surface area (Å²) in [6, 6.07) is 1.47. The molecule has 1 saturated heterocycles. The normalized spacial score (nSPS) is 21.3. The molecular formula is C17H26FN5O3S. The first-order chi connectivity index (χ1) is 12.7. The SMILES string of the molecule is CC(C)c1cc(F)c2cnc(N)nn12.O=S(=O)(C1CC1)N1CCCC(O)C1. The Morgan fingerprint density at radius 1 is 1.33 bits per heavy atom. The van der Waals surface area contributed by atoms with E-state index in [1.165, 1.54) is 21.1 Å². The quantitative estimate of drug-likeness (QED) is 0.809. The molecule has 0 bridgehead atoms. The second-order valence-corrected chi connectivity index (χ2v) is 9.60. The fraction of sp³-hybridized carbons (Fsp3) is 0.647. The van der Waals surface area contributed by atoms with Crippen molar-refractivity contribution in [1.82, 2.24) is 18.9 Å². The first kappa shape index (κ1) is 20.0.